The average molecular weight is 431 g/mol. The number of likely N-dealkylation sites (tertiary alicyclic amines) is 1. The molecule has 2 saturated heterocycles. The Kier molecular flexibility index (Phi) is 6.45. The first kappa shape index (κ1) is 21.6. The van der Waals surface area contributed by atoms with Crippen molar-refractivity contribution >= 4 is 12.0 Å². The fourth-order valence-electron chi connectivity index (χ4n) is 4.33. The van der Waals surface area contributed by atoms with E-state index in [0.717, 1.165) is 37.2 Å². The minimum Gasteiger partial charge on any atom is -0.494 e. The van der Waals surface area contributed by atoms with E-state index in [1.807, 2.05) is 31.2 Å². The van der Waals surface area contributed by atoms with Gasteiger partial charge in [0.25, 0.3) is 0 Å². The zero-order chi connectivity index (χ0) is 21.8. The number of ether oxygens (including phenoxy) is 4. The summed E-state index contributed by atoms with van der Waals surface area (Å²) >= 11 is 0. The number of amides is 2. The molecule has 4 rings (SSSR count). The van der Waals surface area contributed by atoms with Gasteiger partial charge in [0, 0.05) is 38.2 Å². The highest BCUT2D eigenvalue weighted by Gasteiger charge is 2.41. The maximum atomic E-state index is 12.7. The lowest BCUT2D eigenvalue weighted by molar-refractivity contribution is -0.184. The molecule has 3 aliphatic rings. The average Bonchev–Trinajstić information content (AvgIpc) is 3.23. The van der Waals surface area contributed by atoms with Crippen molar-refractivity contribution in [3.8, 4) is 5.75 Å². The molecule has 9 heteroatoms. The third-order valence-corrected chi connectivity index (χ3v) is 5.90. The standard InChI is InChI=1S/C22H29N3O6/c1-3-29-16-6-4-15(5-7-16)19-18(20(26)28-2)17(23-21(27)24-19)14-25-10-8-22(9-11-25)30-12-13-31-22/h4-7,19H,3,8-14H2,1-2H3,(H2,23,24,27)/t19-/m0/s1. The van der Waals surface area contributed by atoms with Crippen LogP contribution in [0.5, 0.6) is 5.75 Å². The van der Waals surface area contributed by atoms with Crippen LogP contribution in [0.2, 0.25) is 0 Å². The summed E-state index contributed by atoms with van der Waals surface area (Å²) in [5, 5.41) is 5.67. The maximum Gasteiger partial charge on any atom is 0.338 e. The van der Waals surface area contributed by atoms with E-state index in [1.54, 1.807) is 0 Å². The number of methoxy groups -OCH3 is 1. The van der Waals surface area contributed by atoms with Crippen LogP contribution in [0.25, 0.3) is 0 Å². The van der Waals surface area contributed by atoms with Gasteiger partial charge in [0.1, 0.15) is 5.75 Å². The Balaban J connectivity index is 1.56. The number of nitrogens with one attached hydrogen (secondary N) is 2. The number of carbonyl (C=O) groups excluding carboxylic acids is 2. The van der Waals surface area contributed by atoms with Gasteiger partial charge in [-0.2, -0.15) is 0 Å². The summed E-state index contributed by atoms with van der Waals surface area (Å²) in [4.78, 5) is 27.4. The third kappa shape index (κ3) is 4.68. The van der Waals surface area contributed by atoms with Crippen molar-refractivity contribution in [3.05, 3.63) is 41.1 Å². The molecule has 3 aliphatic heterocycles. The van der Waals surface area contributed by atoms with Crippen LogP contribution in [-0.4, -0.2) is 69.3 Å². The van der Waals surface area contributed by atoms with Crippen molar-refractivity contribution in [2.75, 3.05) is 46.6 Å². The van der Waals surface area contributed by atoms with Gasteiger partial charge in [-0.3, -0.25) is 4.90 Å². The van der Waals surface area contributed by atoms with Crippen molar-refractivity contribution in [1.29, 1.82) is 0 Å². The number of carbonyl (C=O) groups is 2. The molecule has 0 saturated carbocycles. The van der Waals surface area contributed by atoms with E-state index in [0.29, 0.717) is 37.6 Å². The zero-order valence-corrected chi connectivity index (χ0v) is 17.9. The fourth-order valence-corrected chi connectivity index (χ4v) is 4.33. The molecule has 1 aromatic carbocycles. The topological polar surface area (TPSA) is 98.4 Å². The van der Waals surface area contributed by atoms with Gasteiger partial charge in [0.05, 0.1) is 38.5 Å². The quantitative estimate of drug-likeness (QED) is 0.662. The van der Waals surface area contributed by atoms with Gasteiger partial charge in [-0.25, -0.2) is 9.59 Å². The van der Waals surface area contributed by atoms with Gasteiger partial charge in [-0.15, -0.1) is 0 Å². The van der Waals surface area contributed by atoms with E-state index in [9.17, 15) is 9.59 Å². The predicted molar refractivity (Wildman–Crippen MR) is 111 cm³/mol. The first-order chi connectivity index (χ1) is 15.0. The van der Waals surface area contributed by atoms with Crippen molar-refractivity contribution in [2.24, 2.45) is 0 Å². The number of hydrogen-bond acceptors (Lipinski definition) is 7. The normalized spacial score (nSPS) is 23.4. The smallest absolute Gasteiger partial charge is 0.338 e. The van der Waals surface area contributed by atoms with E-state index < -0.39 is 17.8 Å². The highest BCUT2D eigenvalue weighted by molar-refractivity contribution is 5.95. The lowest BCUT2D eigenvalue weighted by Crippen LogP contribution is -2.51. The minimum atomic E-state index is -0.607. The van der Waals surface area contributed by atoms with E-state index in [2.05, 4.69) is 15.5 Å². The summed E-state index contributed by atoms with van der Waals surface area (Å²) in [6, 6.07) is 6.39. The maximum absolute atomic E-state index is 12.7. The number of nitrogens with zero attached hydrogens (tertiary/aromatic N) is 1. The van der Waals surface area contributed by atoms with E-state index in [-0.39, 0.29) is 6.03 Å². The molecular weight excluding hydrogens is 402 g/mol. The van der Waals surface area contributed by atoms with Crippen LogP contribution in [0.15, 0.2) is 35.5 Å². The molecule has 1 spiro atoms. The van der Waals surface area contributed by atoms with Crippen LogP contribution in [0.4, 0.5) is 4.79 Å². The number of benzene rings is 1. The first-order valence-electron chi connectivity index (χ1n) is 10.7. The molecule has 3 heterocycles. The summed E-state index contributed by atoms with van der Waals surface area (Å²) in [5.41, 5.74) is 1.74. The molecule has 2 amide bonds. The van der Waals surface area contributed by atoms with Crippen LogP contribution < -0.4 is 15.4 Å². The number of esters is 1. The second-order valence-corrected chi connectivity index (χ2v) is 7.80. The summed E-state index contributed by atoms with van der Waals surface area (Å²) < 4.78 is 22.1. The van der Waals surface area contributed by atoms with Gasteiger partial charge in [-0.05, 0) is 24.6 Å². The molecule has 0 unspecified atom stereocenters. The minimum absolute atomic E-state index is 0.350. The Bertz CT molecular complexity index is 837. The third-order valence-electron chi connectivity index (χ3n) is 5.90. The Morgan fingerprint density at radius 3 is 2.48 bits per heavy atom. The summed E-state index contributed by atoms with van der Waals surface area (Å²) in [5.74, 6) is -0.218. The summed E-state index contributed by atoms with van der Waals surface area (Å²) in [7, 11) is 1.35. The van der Waals surface area contributed by atoms with Gasteiger partial charge >= 0.3 is 12.0 Å². The van der Waals surface area contributed by atoms with E-state index >= 15 is 0 Å². The molecule has 2 N–H and O–H groups in total. The van der Waals surface area contributed by atoms with E-state index in [1.165, 1.54) is 7.11 Å². The van der Waals surface area contributed by atoms with Crippen molar-refractivity contribution < 1.29 is 28.5 Å². The van der Waals surface area contributed by atoms with Crippen molar-refractivity contribution in [1.82, 2.24) is 15.5 Å². The highest BCUT2D eigenvalue weighted by atomic mass is 16.7. The predicted octanol–water partition coefficient (Wildman–Crippen LogP) is 1.71. The number of piperidine rings is 1. The molecule has 0 aromatic heterocycles. The van der Waals surface area contributed by atoms with Crippen molar-refractivity contribution in [3.63, 3.8) is 0 Å². The molecule has 0 aliphatic carbocycles. The largest absolute Gasteiger partial charge is 0.494 e. The molecule has 168 valence electrons. The van der Waals surface area contributed by atoms with Crippen LogP contribution in [0.3, 0.4) is 0 Å². The Morgan fingerprint density at radius 1 is 1.19 bits per heavy atom. The van der Waals surface area contributed by atoms with E-state index in [4.69, 9.17) is 18.9 Å². The monoisotopic (exact) mass is 431 g/mol. The second kappa shape index (κ2) is 9.25. The zero-order valence-electron chi connectivity index (χ0n) is 17.9. The van der Waals surface area contributed by atoms with Gasteiger partial charge in [0.2, 0.25) is 0 Å². The Morgan fingerprint density at radius 2 is 1.87 bits per heavy atom. The SMILES string of the molecule is CCOc1ccc([C@@H]2NC(=O)NC(CN3CCC4(CC3)OCCO4)=C2C(=O)OC)cc1. The molecule has 1 aromatic rings. The fraction of sp³-hybridized carbons (Fsp3) is 0.545. The Labute approximate surface area is 181 Å². The first-order valence-corrected chi connectivity index (χ1v) is 10.7. The lowest BCUT2D eigenvalue weighted by atomic mass is 9.94. The molecule has 9 nitrogen and oxygen atoms in total. The van der Waals surface area contributed by atoms with Crippen LogP contribution in [-0.2, 0) is 19.0 Å². The number of rotatable bonds is 6. The van der Waals surface area contributed by atoms with Gasteiger partial charge < -0.3 is 29.6 Å². The molecule has 2 fully saturated rings. The molecule has 31 heavy (non-hydrogen) atoms. The highest BCUT2D eigenvalue weighted by Crippen LogP contribution is 2.33. The van der Waals surface area contributed by atoms with Crippen LogP contribution in [0.1, 0.15) is 31.4 Å². The second-order valence-electron chi connectivity index (χ2n) is 7.80. The van der Waals surface area contributed by atoms with Crippen LogP contribution in [0, 0.1) is 0 Å². The Hall–Kier alpha value is -2.62. The van der Waals surface area contributed by atoms with Gasteiger partial charge in [-0.1, -0.05) is 12.1 Å². The molecule has 0 bridgehead atoms. The number of hydrogen-bond donors (Lipinski definition) is 2. The molecular formula is C22H29N3O6. The van der Waals surface area contributed by atoms with Crippen LogP contribution >= 0.6 is 0 Å². The lowest BCUT2D eigenvalue weighted by Gasteiger charge is -2.39. The molecule has 1 atom stereocenters. The summed E-state index contributed by atoms with van der Waals surface area (Å²) in [6.07, 6.45) is 1.50. The molecule has 0 radical (unpaired) electrons. The van der Waals surface area contributed by atoms with Gasteiger partial charge in [0.15, 0.2) is 5.79 Å². The number of urea groups is 1. The van der Waals surface area contributed by atoms with Crippen molar-refractivity contribution in [2.45, 2.75) is 31.6 Å². The summed E-state index contributed by atoms with van der Waals surface area (Å²) in [6.45, 7) is 5.66.